The molecule has 0 amide bonds. The number of hydrogen-bond acceptors (Lipinski definition) is 3. The van der Waals surface area contributed by atoms with Gasteiger partial charge in [0, 0.05) is 29.3 Å². The van der Waals surface area contributed by atoms with Gasteiger partial charge in [0.25, 0.3) is 0 Å². The molecule has 1 heterocycles. The molecule has 4 heteroatoms. The van der Waals surface area contributed by atoms with Crippen LogP contribution in [0.1, 0.15) is 18.4 Å². The van der Waals surface area contributed by atoms with E-state index in [4.69, 9.17) is 5.73 Å². The van der Waals surface area contributed by atoms with Gasteiger partial charge in [-0.1, -0.05) is 22.0 Å². The monoisotopic (exact) mass is 325 g/mol. The normalized spacial score (nSPS) is 19.4. The van der Waals surface area contributed by atoms with E-state index in [1.54, 1.807) is 0 Å². The quantitative estimate of drug-likeness (QED) is 0.902. The van der Waals surface area contributed by atoms with Crippen LogP contribution >= 0.6 is 15.9 Å². The summed E-state index contributed by atoms with van der Waals surface area (Å²) in [7, 11) is 4.30. The summed E-state index contributed by atoms with van der Waals surface area (Å²) in [6.45, 7) is 2.99. The van der Waals surface area contributed by atoms with Crippen molar-refractivity contribution in [2.75, 3.05) is 38.6 Å². The molecule has 106 valence electrons. The molecule has 1 fully saturated rings. The summed E-state index contributed by atoms with van der Waals surface area (Å²) in [5, 5.41) is 0. The molecular formula is C15H24BrN3. The molecule has 0 saturated carbocycles. The zero-order valence-corrected chi connectivity index (χ0v) is 13.5. The smallest absolute Gasteiger partial charge is 0.0417 e. The zero-order valence-electron chi connectivity index (χ0n) is 11.9. The van der Waals surface area contributed by atoms with Crippen LogP contribution < -0.4 is 10.6 Å². The Morgan fingerprint density at radius 2 is 2.21 bits per heavy atom. The molecule has 2 N–H and O–H groups in total. The molecule has 1 aromatic rings. The van der Waals surface area contributed by atoms with Crippen LogP contribution in [-0.2, 0) is 6.42 Å². The Hall–Kier alpha value is -0.580. The first-order valence-electron chi connectivity index (χ1n) is 7.01. The van der Waals surface area contributed by atoms with Gasteiger partial charge >= 0.3 is 0 Å². The minimum absolute atomic E-state index is 0.641. The summed E-state index contributed by atoms with van der Waals surface area (Å²) >= 11 is 3.67. The lowest BCUT2D eigenvalue weighted by atomic mass is 10.1. The lowest BCUT2D eigenvalue weighted by molar-refractivity contribution is 0.372. The second kappa shape index (κ2) is 6.73. The second-order valence-corrected chi connectivity index (χ2v) is 6.42. The molecule has 2 rings (SSSR count). The Morgan fingerprint density at radius 1 is 1.42 bits per heavy atom. The molecule has 1 aliphatic rings. The average molecular weight is 326 g/mol. The molecule has 3 nitrogen and oxygen atoms in total. The first-order chi connectivity index (χ1) is 9.11. The number of nitrogens with zero attached hydrogens (tertiary/aromatic N) is 2. The number of hydrogen-bond donors (Lipinski definition) is 1. The van der Waals surface area contributed by atoms with Crippen molar-refractivity contribution in [3.63, 3.8) is 0 Å². The van der Waals surface area contributed by atoms with Crippen molar-refractivity contribution in [1.29, 1.82) is 0 Å². The van der Waals surface area contributed by atoms with Crippen LogP contribution in [0.3, 0.4) is 0 Å². The number of nitrogens with two attached hydrogens (primary N) is 1. The van der Waals surface area contributed by atoms with Crippen LogP contribution in [0.25, 0.3) is 0 Å². The van der Waals surface area contributed by atoms with Crippen molar-refractivity contribution in [3.05, 3.63) is 28.2 Å². The minimum atomic E-state index is 0.641. The highest BCUT2D eigenvalue weighted by molar-refractivity contribution is 9.10. The van der Waals surface area contributed by atoms with E-state index >= 15 is 0 Å². The lowest BCUT2D eigenvalue weighted by Crippen LogP contribution is -2.37. The van der Waals surface area contributed by atoms with Crippen molar-refractivity contribution in [3.8, 4) is 0 Å². The van der Waals surface area contributed by atoms with Gasteiger partial charge in [0.1, 0.15) is 0 Å². The van der Waals surface area contributed by atoms with Crippen molar-refractivity contribution in [2.45, 2.75) is 25.3 Å². The van der Waals surface area contributed by atoms with E-state index in [0.717, 1.165) is 13.0 Å². The molecular weight excluding hydrogens is 302 g/mol. The predicted octanol–water partition coefficient (Wildman–Crippen LogP) is 2.48. The third-order valence-electron chi connectivity index (χ3n) is 3.74. The topological polar surface area (TPSA) is 32.5 Å². The van der Waals surface area contributed by atoms with Crippen LogP contribution in [0.4, 0.5) is 5.69 Å². The average Bonchev–Trinajstić information content (AvgIpc) is 2.79. The standard InChI is InChI=1S/C15H24BrN3/c1-18(2)11-14-4-3-9-19(14)13-6-5-12(7-8-17)15(16)10-13/h5-6,10,14H,3-4,7-9,11,17H2,1-2H3. The fourth-order valence-corrected chi connectivity index (χ4v) is 3.43. The highest BCUT2D eigenvalue weighted by atomic mass is 79.9. The fourth-order valence-electron chi connectivity index (χ4n) is 2.86. The summed E-state index contributed by atoms with van der Waals surface area (Å²) in [6, 6.07) is 7.34. The van der Waals surface area contributed by atoms with Crippen molar-refractivity contribution >= 4 is 21.6 Å². The number of halogens is 1. The van der Waals surface area contributed by atoms with Crippen molar-refractivity contribution in [1.82, 2.24) is 4.90 Å². The Labute approximate surface area is 124 Å². The molecule has 0 radical (unpaired) electrons. The summed E-state index contributed by atoms with van der Waals surface area (Å²) in [5.74, 6) is 0. The van der Waals surface area contributed by atoms with Crippen LogP contribution in [-0.4, -0.2) is 44.7 Å². The van der Waals surface area contributed by atoms with Gasteiger partial charge in [-0.25, -0.2) is 0 Å². The second-order valence-electron chi connectivity index (χ2n) is 5.57. The van der Waals surface area contributed by atoms with Gasteiger partial charge in [-0.15, -0.1) is 0 Å². The molecule has 1 aromatic carbocycles. The molecule has 1 aliphatic heterocycles. The number of rotatable bonds is 5. The van der Waals surface area contributed by atoms with E-state index in [1.165, 1.54) is 35.1 Å². The number of benzene rings is 1. The maximum atomic E-state index is 5.63. The van der Waals surface area contributed by atoms with Gasteiger partial charge < -0.3 is 15.5 Å². The highest BCUT2D eigenvalue weighted by Crippen LogP contribution is 2.30. The number of anilines is 1. The SMILES string of the molecule is CN(C)CC1CCCN1c1ccc(CCN)c(Br)c1. The van der Waals surface area contributed by atoms with Crippen molar-refractivity contribution < 1.29 is 0 Å². The van der Waals surface area contributed by atoms with Gasteiger partial charge in [0.15, 0.2) is 0 Å². The Balaban J connectivity index is 2.14. The van der Waals surface area contributed by atoms with E-state index in [0.29, 0.717) is 12.6 Å². The number of likely N-dealkylation sites (N-methyl/N-ethyl adjacent to an activating group) is 1. The summed E-state index contributed by atoms with van der Waals surface area (Å²) in [5.41, 5.74) is 8.26. The third kappa shape index (κ3) is 3.71. The molecule has 1 saturated heterocycles. The Kier molecular flexibility index (Phi) is 5.25. The summed E-state index contributed by atoms with van der Waals surface area (Å²) in [6.07, 6.45) is 3.52. The first-order valence-corrected chi connectivity index (χ1v) is 7.81. The van der Waals surface area contributed by atoms with Gasteiger partial charge in [0.05, 0.1) is 0 Å². The van der Waals surface area contributed by atoms with E-state index < -0.39 is 0 Å². The highest BCUT2D eigenvalue weighted by Gasteiger charge is 2.25. The summed E-state index contributed by atoms with van der Waals surface area (Å²) in [4.78, 5) is 4.82. The molecule has 0 aromatic heterocycles. The lowest BCUT2D eigenvalue weighted by Gasteiger charge is -2.29. The van der Waals surface area contributed by atoms with Gasteiger partial charge in [-0.05, 0) is 57.6 Å². The van der Waals surface area contributed by atoms with Gasteiger partial charge in [0.2, 0.25) is 0 Å². The van der Waals surface area contributed by atoms with Crippen LogP contribution in [0.2, 0.25) is 0 Å². The molecule has 0 spiro atoms. The Morgan fingerprint density at radius 3 is 2.84 bits per heavy atom. The van der Waals surface area contributed by atoms with E-state index in [-0.39, 0.29) is 0 Å². The van der Waals surface area contributed by atoms with E-state index in [1.807, 2.05) is 0 Å². The summed E-state index contributed by atoms with van der Waals surface area (Å²) < 4.78 is 1.19. The molecule has 1 atom stereocenters. The van der Waals surface area contributed by atoms with Gasteiger partial charge in [-0.2, -0.15) is 0 Å². The molecule has 1 unspecified atom stereocenters. The minimum Gasteiger partial charge on any atom is -0.367 e. The predicted molar refractivity (Wildman–Crippen MR) is 85.8 cm³/mol. The maximum Gasteiger partial charge on any atom is 0.0417 e. The molecule has 0 aliphatic carbocycles. The van der Waals surface area contributed by atoms with E-state index in [2.05, 4.69) is 58.0 Å². The maximum absolute atomic E-state index is 5.63. The molecule has 0 bridgehead atoms. The zero-order chi connectivity index (χ0) is 13.8. The van der Waals surface area contributed by atoms with Crippen LogP contribution in [0.15, 0.2) is 22.7 Å². The molecule has 19 heavy (non-hydrogen) atoms. The largest absolute Gasteiger partial charge is 0.367 e. The van der Waals surface area contributed by atoms with E-state index in [9.17, 15) is 0 Å². The van der Waals surface area contributed by atoms with Crippen molar-refractivity contribution in [2.24, 2.45) is 5.73 Å². The Bertz CT molecular complexity index is 420. The van der Waals surface area contributed by atoms with Crippen LogP contribution in [0.5, 0.6) is 0 Å². The fraction of sp³-hybridized carbons (Fsp3) is 0.600. The first kappa shape index (κ1) is 14.8. The third-order valence-corrected chi connectivity index (χ3v) is 4.47. The van der Waals surface area contributed by atoms with Gasteiger partial charge in [-0.3, -0.25) is 0 Å². The van der Waals surface area contributed by atoms with Crippen LogP contribution in [0, 0.1) is 0 Å².